The lowest BCUT2D eigenvalue weighted by atomic mass is 10.1. The first-order valence-corrected chi connectivity index (χ1v) is 31.6. The SMILES string of the molecule is CC/C=C\C/C=C\C/C=C\CCCCCCCCCC(=O)OCC(O)COP(=O)(O)OCC(O)COP(=O)(O)OCC(COC(=O)CCCCCCC/C=C\CCCC)OC(=O)CCCCCCC/C=C\CCCC. The van der Waals surface area contributed by atoms with Gasteiger partial charge in [-0.25, -0.2) is 9.13 Å². The summed E-state index contributed by atoms with van der Waals surface area (Å²) < 4.78 is 60.4. The van der Waals surface area contributed by atoms with Crippen LogP contribution in [0.2, 0.25) is 0 Å². The Labute approximate surface area is 452 Å². The Hall–Kier alpha value is -2.75. The fourth-order valence-electron chi connectivity index (χ4n) is 7.25. The Balaban J connectivity index is 4.61. The van der Waals surface area contributed by atoms with Crippen LogP contribution in [0.25, 0.3) is 0 Å². The molecule has 0 aromatic heterocycles. The fraction of sp³-hybridized carbons (Fsp3) is 0.772. The molecule has 18 heteroatoms. The molecule has 0 rings (SSSR count). The van der Waals surface area contributed by atoms with Gasteiger partial charge in [0.15, 0.2) is 6.10 Å². The maximum absolute atomic E-state index is 12.8. The summed E-state index contributed by atoms with van der Waals surface area (Å²) in [6.07, 6.45) is 47.4. The van der Waals surface area contributed by atoms with Crippen molar-refractivity contribution in [2.45, 2.75) is 245 Å². The molecule has 0 aromatic rings. The highest BCUT2D eigenvalue weighted by Gasteiger charge is 2.29. The summed E-state index contributed by atoms with van der Waals surface area (Å²) in [5, 5.41) is 20.4. The summed E-state index contributed by atoms with van der Waals surface area (Å²) in [5.41, 5.74) is 0. The highest BCUT2D eigenvalue weighted by Crippen LogP contribution is 2.45. The van der Waals surface area contributed by atoms with Crippen molar-refractivity contribution in [1.82, 2.24) is 0 Å². The topological polar surface area (TPSA) is 231 Å². The zero-order chi connectivity index (χ0) is 55.4. The first-order valence-electron chi connectivity index (χ1n) is 28.6. The van der Waals surface area contributed by atoms with Crippen molar-refractivity contribution in [3.05, 3.63) is 60.8 Å². The number of allylic oxidation sites excluding steroid dienone is 10. The highest BCUT2D eigenvalue weighted by molar-refractivity contribution is 7.47. The Morgan fingerprint density at radius 2 is 0.707 bits per heavy atom. The number of rotatable bonds is 54. The molecule has 75 heavy (non-hydrogen) atoms. The van der Waals surface area contributed by atoms with Crippen molar-refractivity contribution < 1.29 is 75.8 Å². The number of esters is 3. The molecule has 16 nitrogen and oxygen atoms in total. The van der Waals surface area contributed by atoms with Crippen LogP contribution < -0.4 is 0 Å². The summed E-state index contributed by atoms with van der Waals surface area (Å²) in [6, 6.07) is 0. The quantitative estimate of drug-likeness (QED) is 0.0146. The van der Waals surface area contributed by atoms with Gasteiger partial charge in [0, 0.05) is 19.3 Å². The minimum atomic E-state index is -4.91. The summed E-state index contributed by atoms with van der Waals surface area (Å²) in [6.45, 7) is 2.41. The fourth-order valence-corrected chi connectivity index (χ4v) is 8.84. The molecular weight excluding hydrogens is 1000 g/mol. The number of aliphatic hydroxyl groups is 2. The van der Waals surface area contributed by atoms with E-state index in [1.165, 1.54) is 25.7 Å². The Kier molecular flexibility index (Phi) is 50.1. The average molecular weight is 1110 g/mol. The summed E-state index contributed by atoms with van der Waals surface area (Å²) in [7, 11) is -9.75. The normalized spacial score (nSPS) is 15.0. The third kappa shape index (κ3) is 53.1. The molecule has 0 spiro atoms. The molecule has 0 radical (unpaired) electrons. The number of ether oxygens (including phenoxy) is 3. The lowest BCUT2D eigenvalue weighted by Gasteiger charge is -2.21. The summed E-state index contributed by atoms with van der Waals surface area (Å²) >= 11 is 0. The summed E-state index contributed by atoms with van der Waals surface area (Å²) in [5.74, 6) is -1.61. The maximum atomic E-state index is 12.8. The molecule has 0 aliphatic carbocycles. The van der Waals surface area contributed by atoms with E-state index in [4.69, 9.17) is 32.3 Å². The van der Waals surface area contributed by atoms with E-state index < -0.39 is 91.5 Å². The van der Waals surface area contributed by atoms with Gasteiger partial charge in [-0.15, -0.1) is 0 Å². The van der Waals surface area contributed by atoms with Gasteiger partial charge >= 0.3 is 33.6 Å². The van der Waals surface area contributed by atoms with E-state index in [0.717, 1.165) is 141 Å². The van der Waals surface area contributed by atoms with Gasteiger partial charge in [0.1, 0.15) is 25.4 Å². The van der Waals surface area contributed by atoms with Gasteiger partial charge in [-0.2, -0.15) is 0 Å². The van der Waals surface area contributed by atoms with E-state index in [1.807, 2.05) is 0 Å². The molecule has 0 aliphatic rings. The molecule has 0 heterocycles. The first-order chi connectivity index (χ1) is 36.2. The number of unbranched alkanes of at least 4 members (excludes halogenated alkanes) is 21. The summed E-state index contributed by atoms with van der Waals surface area (Å²) in [4.78, 5) is 57.9. The molecule has 0 aromatic carbocycles. The number of phosphoric acid groups is 2. The third-order valence-corrected chi connectivity index (χ3v) is 13.6. The lowest BCUT2D eigenvalue weighted by molar-refractivity contribution is -0.161. The molecule has 436 valence electrons. The van der Waals surface area contributed by atoms with Gasteiger partial charge in [0.2, 0.25) is 0 Å². The van der Waals surface area contributed by atoms with Gasteiger partial charge < -0.3 is 34.2 Å². The second-order valence-corrected chi connectivity index (χ2v) is 22.0. The molecular formula is C57H102O16P2. The van der Waals surface area contributed by atoms with Gasteiger partial charge in [-0.05, 0) is 89.9 Å². The number of aliphatic hydroxyl groups excluding tert-OH is 2. The van der Waals surface area contributed by atoms with Gasteiger partial charge in [-0.3, -0.25) is 32.5 Å². The molecule has 0 fully saturated rings. The van der Waals surface area contributed by atoms with Gasteiger partial charge in [0.05, 0.1) is 26.4 Å². The average Bonchev–Trinajstić information content (AvgIpc) is 3.38. The van der Waals surface area contributed by atoms with Crippen molar-refractivity contribution in [3.8, 4) is 0 Å². The van der Waals surface area contributed by atoms with Crippen LogP contribution in [0.3, 0.4) is 0 Å². The van der Waals surface area contributed by atoms with Gasteiger partial charge in [0.25, 0.3) is 0 Å². The van der Waals surface area contributed by atoms with E-state index in [-0.39, 0.29) is 19.3 Å². The minimum Gasteiger partial charge on any atom is -0.463 e. The number of hydrogen-bond acceptors (Lipinski definition) is 14. The highest BCUT2D eigenvalue weighted by atomic mass is 31.2. The van der Waals surface area contributed by atoms with Crippen LogP contribution >= 0.6 is 15.6 Å². The second-order valence-electron chi connectivity index (χ2n) is 19.1. The Bertz CT molecular complexity index is 1630. The van der Waals surface area contributed by atoms with Crippen LogP contribution in [0.1, 0.15) is 226 Å². The second kappa shape index (κ2) is 52.0. The molecule has 0 saturated heterocycles. The predicted octanol–water partition coefficient (Wildman–Crippen LogP) is 14.3. The van der Waals surface area contributed by atoms with Crippen LogP contribution in [0.5, 0.6) is 0 Å². The zero-order valence-corrected chi connectivity index (χ0v) is 48.2. The van der Waals surface area contributed by atoms with Crippen molar-refractivity contribution in [2.24, 2.45) is 0 Å². The molecule has 0 aliphatic heterocycles. The van der Waals surface area contributed by atoms with E-state index in [2.05, 4.69) is 81.5 Å². The van der Waals surface area contributed by atoms with Crippen molar-refractivity contribution >= 4 is 33.6 Å². The van der Waals surface area contributed by atoms with Crippen molar-refractivity contribution in [2.75, 3.05) is 39.6 Å². The van der Waals surface area contributed by atoms with Crippen LogP contribution in [-0.2, 0) is 55.8 Å². The first kappa shape index (κ1) is 72.2. The smallest absolute Gasteiger partial charge is 0.463 e. The zero-order valence-electron chi connectivity index (χ0n) is 46.5. The Morgan fingerprint density at radius 3 is 1.13 bits per heavy atom. The molecule has 0 bridgehead atoms. The number of hydrogen-bond donors (Lipinski definition) is 4. The number of carbonyl (C=O) groups is 3. The molecule has 5 unspecified atom stereocenters. The minimum absolute atomic E-state index is 0.0942. The van der Waals surface area contributed by atoms with E-state index in [9.17, 15) is 43.5 Å². The van der Waals surface area contributed by atoms with E-state index >= 15 is 0 Å². The third-order valence-electron chi connectivity index (χ3n) is 11.7. The molecule has 0 saturated carbocycles. The van der Waals surface area contributed by atoms with E-state index in [0.29, 0.717) is 19.3 Å². The van der Waals surface area contributed by atoms with Crippen LogP contribution in [0.15, 0.2) is 60.8 Å². The van der Waals surface area contributed by atoms with Gasteiger partial charge in [-0.1, -0.05) is 178 Å². The maximum Gasteiger partial charge on any atom is 0.472 e. The number of carbonyl (C=O) groups excluding carboxylic acids is 3. The monoisotopic (exact) mass is 1100 g/mol. The standard InChI is InChI=1S/C57H102O16P2/c1-4-7-10-13-16-19-22-23-24-25-26-27-30-32-34-37-40-43-55(60)67-46-52(58)47-69-74(63,64)70-48-53(59)49-71-75(65,66)72-51-54(73-57(62)45-42-39-36-33-29-21-18-15-12-9-6-3)50-68-56(61)44-41-38-35-31-28-20-17-14-11-8-5-2/h7,10,14-19,23-24,52-54,58-59H,4-6,8-9,11-13,20-22,25-51H2,1-3H3,(H,63,64)(H,65,66)/b10-7-,17-14-,18-15-,19-16-,24-23-. The molecule has 5 atom stereocenters. The van der Waals surface area contributed by atoms with Crippen LogP contribution in [0, 0.1) is 0 Å². The predicted molar refractivity (Wildman–Crippen MR) is 298 cm³/mol. The van der Waals surface area contributed by atoms with Crippen LogP contribution in [0.4, 0.5) is 0 Å². The van der Waals surface area contributed by atoms with Crippen molar-refractivity contribution in [1.29, 1.82) is 0 Å². The van der Waals surface area contributed by atoms with Crippen molar-refractivity contribution in [3.63, 3.8) is 0 Å². The lowest BCUT2D eigenvalue weighted by Crippen LogP contribution is -2.30. The Morgan fingerprint density at radius 1 is 0.387 bits per heavy atom. The van der Waals surface area contributed by atoms with E-state index in [1.54, 1.807) is 0 Å². The largest absolute Gasteiger partial charge is 0.472 e. The van der Waals surface area contributed by atoms with Crippen LogP contribution in [-0.4, -0.2) is 95.9 Å². The molecule has 0 amide bonds. The number of phosphoric ester groups is 2. The molecule has 4 N–H and O–H groups in total.